The SMILES string of the molecule is CNC(=O)Cn1cc(Nc2ncc(Cl)c(NCc3c(F)ccc(F)c3F)n2)cn1. The highest BCUT2D eigenvalue weighted by atomic mass is 35.5. The second-order valence-corrected chi connectivity index (χ2v) is 6.20. The lowest BCUT2D eigenvalue weighted by Crippen LogP contribution is -2.23. The molecule has 0 radical (unpaired) electrons. The molecule has 1 aromatic carbocycles. The van der Waals surface area contributed by atoms with Gasteiger partial charge in [-0.15, -0.1) is 0 Å². The standard InChI is InChI=1S/C17H15ClF3N7O/c1-22-14(29)8-28-7-9(4-25-28)26-17-24-6-11(18)16(27-17)23-5-10-12(19)2-3-13(20)15(10)21/h2-4,6-7H,5,8H2,1H3,(H,22,29)(H2,23,24,26,27). The summed E-state index contributed by atoms with van der Waals surface area (Å²) in [5.41, 5.74) is 0.0223. The number of hydrogen-bond donors (Lipinski definition) is 3. The lowest BCUT2D eigenvalue weighted by Gasteiger charge is -2.11. The highest BCUT2D eigenvalue weighted by Crippen LogP contribution is 2.23. The van der Waals surface area contributed by atoms with Crippen LogP contribution >= 0.6 is 11.6 Å². The molecule has 0 aliphatic carbocycles. The van der Waals surface area contributed by atoms with E-state index in [1.165, 1.54) is 24.1 Å². The fraction of sp³-hybridized carbons (Fsp3) is 0.176. The van der Waals surface area contributed by atoms with E-state index < -0.39 is 23.0 Å². The Bertz CT molecular complexity index is 1040. The Labute approximate surface area is 168 Å². The molecule has 0 atom stereocenters. The molecule has 0 saturated carbocycles. The van der Waals surface area contributed by atoms with Gasteiger partial charge in [-0.05, 0) is 12.1 Å². The molecule has 0 spiro atoms. The van der Waals surface area contributed by atoms with Crippen molar-refractivity contribution in [1.82, 2.24) is 25.1 Å². The molecule has 3 aromatic rings. The van der Waals surface area contributed by atoms with Crippen molar-refractivity contribution in [3.05, 3.63) is 58.8 Å². The van der Waals surface area contributed by atoms with Crippen molar-refractivity contribution in [2.45, 2.75) is 13.1 Å². The topological polar surface area (TPSA) is 96.8 Å². The molecule has 8 nitrogen and oxygen atoms in total. The minimum absolute atomic E-state index is 0.0389. The number of benzene rings is 1. The summed E-state index contributed by atoms with van der Waals surface area (Å²) < 4.78 is 42.3. The number of rotatable bonds is 7. The average Bonchev–Trinajstić information content (AvgIpc) is 3.13. The zero-order valence-corrected chi connectivity index (χ0v) is 15.8. The van der Waals surface area contributed by atoms with Crippen LogP contribution < -0.4 is 16.0 Å². The van der Waals surface area contributed by atoms with Crippen molar-refractivity contribution < 1.29 is 18.0 Å². The lowest BCUT2D eigenvalue weighted by molar-refractivity contribution is -0.121. The molecule has 0 aliphatic rings. The number of halogens is 4. The molecule has 152 valence electrons. The predicted molar refractivity (Wildman–Crippen MR) is 100 cm³/mol. The van der Waals surface area contributed by atoms with Crippen molar-refractivity contribution in [3.63, 3.8) is 0 Å². The van der Waals surface area contributed by atoms with E-state index >= 15 is 0 Å². The Morgan fingerprint density at radius 1 is 1.21 bits per heavy atom. The Morgan fingerprint density at radius 3 is 2.72 bits per heavy atom. The Balaban J connectivity index is 1.72. The van der Waals surface area contributed by atoms with E-state index in [0.717, 1.165) is 6.07 Å². The van der Waals surface area contributed by atoms with E-state index in [9.17, 15) is 18.0 Å². The molecule has 0 saturated heterocycles. The van der Waals surface area contributed by atoms with Gasteiger partial charge in [-0.25, -0.2) is 18.2 Å². The van der Waals surface area contributed by atoms with Crippen LogP contribution in [-0.2, 0) is 17.9 Å². The fourth-order valence-electron chi connectivity index (χ4n) is 2.32. The summed E-state index contributed by atoms with van der Waals surface area (Å²) >= 11 is 6.02. The zero-order valence-electron chi connectivity index (χ0n) is 15.0. The maximum Gasteiger partial charge on any atom is 0.241 e. The van der Waals surface area contributed by atoms with Crippen LogP contribution in [0, 0.1) is 17.5 Å². The molecule has 0 fully saturated rings. The molecule has 2 heterocycles. The molecule has 12 heteroatoms. The maximum atomic E-state index is 13.8. The summed E-state index contributed by atoms with van der Waals surface area (Å²) in [6.45, 7) is -0.340. The minimum atomic E-state index is -1.29. The highest BCUT2D eigenvalue weighted by molar-refractivity contribution is 6.32. The number of carbonyl (C=O) groups is 1. The smallest absolute Gasteiger partial charge is 0.241 e. The third kappa shape index (κ3) is 4.93. The van der Waals surface area contributed by atoms with Crippen molar-refractivity contribution >= 4 is 35.0 Å². The lowest BCUT2D eigenvalue weighted by atomic mass is 10.2. The molecular weight excluding hydrogens is 411 g/mol. The van der Waals surface area contributed by atoms with Crippen LogP contribution in [0.5, 0.6) is 0 Å². The number of amides is 1. The van der Waals surface area contributed by atoms with Crippen LogP contribution in [0.1, 0.15) is 5.56 Å². The van der Waals surface area contributed by atoms with E-state index in [2.05, 4.69) is 31.0 Å². The van der Waals surface area contributed by atoms with Crippen molar-refractivity contribution in [1.29, 1.82) is 0 Å². The summed E-state index contributed by atoms with van der Waals surface area (Å²) in [4.78, 5) is 19.5. The van der Waals surface area contributed by atoms with Gasteiger partial charge < -0.3 is 16.0 Å². The molecule has 0 aliphatic heterocycles. The minimum Gasteiger partial charge on any atom is -0.364 e. The van der Waals surface area contributed by atoms with Gasteiger partial charge in [0, 0.05) is 25.4 Å². The predicted octanol–water partition coefficient (Wildman–Crippen LogP) is 2.85. The summed E-state index contributed by atoms with van der Waals surface area (Å²) in [5.74, 6) is -3.35. The van der Waals surface area contributed by atoms with Crippen LogP contribution in [0.25, 0.3) is 0 Å². The van der Waals surface area contributed by atoms with Crippen LogP contribution in [0.15, 0.2) is 30.7 Å². The fourth-order valence-corrected chi connectivity index (χ4v) is 2.48. The summed E-state index contributed by atoms with van der Waals surface area (Å²) in [7, 11) is 1.52. The number of nitrogens with zero attached hydrogens (tertiary/aromatic N) is 4. The van der Waals surface area contributed by atoms with E-state index in [1.54, 1.807) is 6.20 Å². The van der Waals surface area contributed by atoms with Gasteiger partial charge in [-0.1, -0.05) is 11.6 Å². The Morgan fingerprint density at radius 2 is 1.97 bits per heavy atom. The van der Waals surface area contributed by atoms with Crippen LogP contribution in [0.2, 0.25) is 5.02 Å². The molecular formula is C17H15ClF3N7O. The van der Waals surface area contributed by atoms with E-state index in [1.807, 2.05) is 0 Å². The monoisotopic (exact) mass is 425 g/mol. The average molecular weight is 426 g/mol. The van der Waals surface area contributed by atoms with E-state index in [4.69, 9.17) is 11.6 Å². The normalized spacial score (nSPS) is 10.7. The van der Waals surface area contributed by atoms with Crippen LogP contribution in [-0.4, -0.2) is 32.7 Å². The van der Waals surface area contributed by atoms with Crippen molar-refractivity contribution in [2.75, 3.05) is 17.7 Å². The Hall–Kier alpha value is -3.34. The third-order valence-corrected chi connectivity index (χ3v) is 4.07. The van der Waals surface area contributed by atoms with Crippen molar-refractivity contribution in [2.24, 2.45) is 0 Å². The maximum absolute atomic E-state index is 13.8. The summed E-state index contributed by atoms with van der Waals surface area (Å²) in [5, 5.41) is 12.1. The number of carbonyl (C=O) groups excluding carboxylic acids is 1. The zero-order chi connectivity index (χ0) is 21.0. The second-order valence-electron chi connectivity index (χ2n) is 5.79. The third-order valence-electron chi connectivity index (χ3n) is 3.79. The molecule has 0 unspecified atom stereocenters. The van der Waals surface area contributed by atoms with E-state index in [-0.39, 0.29) is 35.8 Å². The number of hydrogen-bond acceptors (Lipinski definition) is 6. The number of likely N-dealkylation sites (N-methyl/N-ethyl adjacent to an activating group) is 1. The van der Waals surface area contributed by atoms with Gasteiger partial charge >= 0.3 is 0 Å². The summed E-state index contributed by atoms with van der Waals surface area (Å²) in [6.07, 6.45) is 4.32. The van der Waals surface area contributed by atoms with Gasteiger partial charge in [-0.2, -0.15) is 10.1 Å². The van der Waals surface area contributed by atoms with Crippen molar-refractivity contribution in [3.8, 4) is 0 Å². The van der Waals surface area contributed by atoms with Gasteiger partial charge in [0.1, 0.15) is 17.4 Å². The number of aromatic nitrogens is 4. The first-order chi connectivity index (χ1) is 13.9. The quantitative estimate of drug-likeness (QED) is 0.504. The van der Waals surface area contributed by atoms with Crippen LogP contribution in [0.4, 0.5) is 30.6 Å². The molecule has 3 rings (SSSR count). The van der Waals surface area contributed by atoms with Gasteiger partial charge in [-0.3, -0.25) is 9.48 Å². The van der Waals surface area contributed by atoms with Gasteiger partial charge in [0.05, 0.1) is 18.1 Å². The first-order valence-electron chi connectivity index (χ1n) is 8.26. The van der Waals surface area contributed by atoms with Gasteiger partial charge in [0.25, 0.3) is 0 Å². The molecule has 2 aromatic heterocycles. The molecule has 3 N–H and O–H groups in total. The van der Waals surface area contributed by atoms with Gasteiger partial charge in [0.2, 0.25) is 11.9 Å². The Kier molecular flexibility index (Phi) is 6.17. The van der Waals surface area contributed by atoms with Gasteiger partial charge in [0.15, 0.2) is 17.5 Å². The highest BCUT2D eigenvalue weighted by Gasteiger charge is 2.15. The first-order valence-corrected chi connectivity index (χ1v) is 8.64. The molecule has 1 amide bonds. The largest absolute Gasteiger partial charge is 0.364 e. The molecule has 29 heavy (non-hydrogen) atoms. The first kappa shape index (κ1) is 20.4. The second kappa shape index (κ2) is 8.78. The molecule has 0 bridgehead atoms. The number of nitrogens with one attached hydrogen (secondary N) is 3. The summed E-state index contributed by atoms with van der Waals surface area (Å²) in [6, 6.07) is 1.54. The van der Waals surface area contributed by atoms with E-state index in [0.29, 0.717) is 11.8 Å². The van der Waals surface area contributed by atoms with Crippen LogP contribution in [0.3, 0.4) is 0 Å². The number of anilines is 3.